The summed E-state index contributed by atoms with van der Waals surface area (Å²) < 4.78 is 38.7. The van der Waals surface area contributed by atoms with Gasteiger partial charge in [-0.1, -0.05) is 38.1 Å². The van der Waals surface area contributed by atoms with E-state index in [1.165, 1.54) is 0 Å². The summed E-state index contributed by atoms with van der Waals surface area (Å²) in [5.74, 6) is 0.0212. The van der Waals surface area contributed by atoms with Crippen molar-refractivity contribution < 1.29 is 27.8 Å². The number of fused-ring (bicyclic) bond motifs is 2. The number of aryl methyl sites for hydroxylation is 2. The molecule has 8 heteroatoms. The summed E-state index contributed by atoms with van der Waals surface area (Å²) in [5.41, 5.74) is 5.08. The summed E-state index contributed by atoms with van der Waals surface area (Å²) in [4.78, 5) is 23.7. The molecule has 2 aromatic rings. The second-order valence-electron chi connectivity index (χ2n) is 8.07. The first-order valence-corrected chi connectivity index (χ1v) is 13.9. The number of hydrogen-bond acceptors (Lipinski definition) is 6. The van der Waals surface area contributed by atoms with Crippen molar-refractivity contribution >= 4 is 32.7 Å². The fraction of sp³-hybridized carbons (Fsp3) is 0.391. The van der Waals surface area contributed by atoms with Crippen molar-refractivity contribution in [2.75, 3.05) is 5.75 Å². The van der Waals surface area contributed by atoms with Gasteiger partial charge in [0.2, 0.25) is 0 Å². The number of Topliss-reactive ketones (excluding diaryl/α,β-unsaturated/α-hetero) is 2. The minimum atomic E-state index is -2.79. The molecule has 0 bridgehead atoms. The molecule has 0 amide bonds. The molecule has 1 unspecified atom stereocenters. The van der Waals surface area contributed by atoms with Gasteiger partial charge in [-0.2, -0.15) is 21.2 Å². The molecule has 2 aromatic carbocycles. The standard InChI is InChI=1S/C12H16O3S.C11H14O3S/c1-3-9-4-5-10-7-16(14,15)8(2)12(13)11(10)6-9;1-2-8-3-4-9-6-15(13,14)7-11(12)10(9)5-8/h4-6,8,14-15H,3,7H2,1-2H3;3-5,13-14H,2,6-7H2,1H3. The highest BCUT2D eigenvalue weighted by Gasteiger charge is 2.36. The van der Waals surface area contributed by atoms with Crippen LogP contribution in [0.2, 0.25) is 0 Å². The lowest BCUT2D eigenvalue weighted by Crippen LogP contribution is -2.31. The Morgan fingerprint density at radius 2 is 1.32 bits per heavy atom. The van der Waals surface area contributed by atoms with E-state index < -0.39 is 26.4 Å². The quantitative estimate of drug-likeness (QED) is 0.446. The number of benzene rings is 2. The van der Waals surface area contributed by atoms with Crippen LogP contribution in [0.15, 0.2) is 36.4 Å². The lowest BCUT2D eigenvalue weighted by Gasteiger charge is -2.41. The first-order chi connectivity index (χ1) is 14.5. The summed E-state index contributed by atoms with van der Waals surface area (Å²) in [6.45, 7) is 5.66. The maximum atomic E-state index is 12.0. The van der Waals surface area contributed by atoms with E-state index in [1.807, 2.05) is 50.2 Å². The molecule has 0 aromatic heterocycles. The Morgan fingerprint density at radius 3 is 1.87 bits per heavy atom. The Balaban J connectivity index is 0.000000176. The molecule has 0 aliphatic carbocycles. The van der Waals surface area contributed by atoms with E-state index in [-0.39, 0.29) is 28.8 Å². The molecular weight excluding hydrogens is 436 g/mol. The van der Waals surface area contributed by atoms with Crippen LogP contribution in [0.1, 0.15) is 63.7 Å². The summed E-state index contributed by atoms with van der Waals surface area (Å²) in [6, 6.07) is 11.3. The topological polar surface area (TPSA) is 115 Å². The van der Waals surface area contributed by atoms with E-state index in [0.717, 1.165) is 35.1 Å². The number of ketones is 2. The van der Waals surface area contributed by atoms with Crippen LogP contribution in [-0.4, -0.2) is 40.8 Å². The van der Waals surface area contributed by atoms with Crippen molar-refractivity contribution in [3.8, 4) is 0 Å². The van der Waals surface area contributed by atoms with Gasteiger partial charge in [-0.25, -0.2) is 0 Å². The van der Waals surface area contributed by atoms with Gasteiger partial charge in [0.05, 0.1) is 11.5 Å². The van der Waals surface area contributed by atoms with Crippen LogP contribution in [0.4, 0.5) is 0 Å². The average Bonchev–Trinajstić information content (AvgIpc) is 2.71. The molecule has 2 aliphatic heterocycles. The average molecular weight is 467 g/mol. The van der Waals surface area contributed by atoms with E-state index >= 15 is 0 Å². The van der Waals surface area contributed by atoms with Crippen molar-refractivity contribution in [2.24, 2.45) is 0 Å². The lowest BCUT2D eigenvalue weighted by molar-refractivity contribution is 0.0982. The number of rotatable bonds is 2. The van der Waals surface area contributed by atoms with Gasteiger partial charge >= 0.3 is 0 Å². The van der Waals surface area contributed by atoms with Crippen molar-refractivity contribution in [3.63, 3.8) is 0 Å². The summed E-state index contributed by atoms with van der Waals surface area (Å²) in [7, 11) is -5.51. The zero-order chi connectivity index (χ0) is 23.0. The third-order valence-electron chi connectivity index (χ3n) is 5.78. The molecule has 2 heterocycles. The predicted octanol–water partition coefficient (Wildman–Crippen LogP) is 5.78. The summed E-state index contributed by atoms with van der Waals surface area (Å²) >= 11 is 0. The van der Waals surface area contributed by atoms with Crippen molar-refractivity contribution in [1.29, 1.82) is 0 Å². The smallest absolute Gasteiger partial charge is 0.184 e. The molecule has 170 valence electrons. The van der Waals surface area contributed by atoms with Crippen molar-refractivity contribution in [3.05, 3.63) is 69.8 Å². The summed E-state index contributed by atoms with van der Waals surface area (Å²) in [5, 5.41) is -0.674. The normalized spacial score (nSPS) is 23.0. The fourth-order valence-electron chi connectivity index (χ4n) is 3.76. The van der Waals surface area contributed by atoms with Gasteiger partial charge in [-0.3, -0.25) is 27.8 Å². The van der Waals surface area contributed by atoms with Crippen molar-refractivity contribution in [2.45, 2.75) is 50.4 Å². The molecule has 6 nitrogen and oxygen atoms in total. The first-order valence-electron chi connectivity index (χ1n) is 10.3. The maximum absolute atomic E-state index is 12.0. The van der Waals surface area contributed by atoms with Crippen LogP contribution in [-0.2, 0) is 24.3 Å². The van der Waals surface area contributed by atoms with Crippen LogP contribution in [0, 0.1) is 0 Å². The third kappa shape index (κ3) is 5.22. The van der Waals surface area contributed by atoms with E-state index in [9.17, 15) is 27.8 Å². The summed E-state index contributed by atoms with van der Waals surface area (Å²) in [6.07, 6.45) is 1.77. The van der Waals surface area contributed by atoms with Gasteiger partial charge < -0.3 is 0 Å². The second-order valence-corrected chi connectivity index (χ2v) is 12.7. The van der Waals surface area contributed by atoms with Crippen molar-refractivity contribution in [1.82, 2.24) is 0 Å². The zero-order valence-corrected chi connectivity index (χ0v) is 19.6. The molecule has 0 fully saturated rings. The highest BCUT2D eigenvalue weighted by molar-refractivity contribution is 8.24. The van der Waals surface area contributed by atoms with Gasteiger partial charge in [-0.05, 0) is 54.2 Å². The van der Waals surface area contributed by atoms with Crippen LogP contribution in [0.5, 0.6) is 0 Å². The van der Waals surface area contributed by atoms with E-state index in [0.29, 0.717) is 11.1 Å². The molecular formula is C23H30O6S2. The third-order valence-corrected chi connectivity index (χ3v) is 9.36. The SMILES string of the molecule is CCc1ccc2c(c1)C(=O)C(C)S(O)(O)C2.CCc1ccc2c(c1)C(=O)CS(O)(O)C2. The molecule has 0 radical (unpaired) electrons. The lowest BCUT2D eigenvalue weighted by atomic mass is 9.98. The van der Waals surface area contributed by atoms with Crippen LogP contribution < -0.4 is 0 Å². The Morgan fingerprint density at radius 1 is 0.806 bits per heavy atom. The Kier molecular flexibility index (Phi) is 7.00. The molecule has 1 atom stereocenters. The first kappa shape index (κ1) is 24.0. The maximum Gasteiger partial charge on any atom is 0.184 e. The van der Waals surface area contributed by atoms with E-state index in [2.05, 4.69) is 0 Å². The molecule has 0 saturated carbocycles. The van der Waals surface area contributed by atoms with Crippen LogP contribution in [0.25, 0.3) is 0 Å². The van der Waals surface area contributed by atoms with Gasteiger partial charge in [0, 0.05) is 11.1 Å². The fourth-order valence-corrected chi connectivity index (χ4v) is 6.62. The van der Waals surface area contributed by atoms with Gasteiger partial charge in [0.15, 0.2) is 11.6 Å². The van der Waals surface area contributed by atoms with Crippen LogP contribution in [0.3, 0.4) is 0 Å². The van der Waals surface area contributed by atoms with Crippen LogP contribution >= 0.6 is 21.2 Å². The predicted molar refractivity (Wildman–Crippen MR) is 128 cm³/mol. The van der Waals surface area contributed by atoms with E-state index in [1.54, 1.807) is 6.92 Å². The molecule has 0 spiro atoms. The molecule has 4 N–H and O–H groups in total. The number of carbonyl (C=O) groups excluding carboxylic acids is 2. The minimum Gasteiger partial charge on any atom is -0.299 e. The molecule has 31 heavy (non-hydrogen) atoms. The zero-order valence-electron chi connectivity index (χ0n) is 18.0. The molecule has 0 saturated heterocycles. The van der Waals surface area contributed by atoms with E-state index in [4.69, 9.17) is 0 Å². The van der Waals surface area contributed by atoms with Gasteiger partial charge in [0.1, 0.15) is 11.0 Å². The van der Waals surface area contributed by atoms with Gasteiger partial charge in [-0.15, -0.1) is 0 Å². The Labute approximate surface area is 186 Å². The number of carbonyl (C=O) groups is 2. The Hall–Kier alpha value is -1.68. The number of hydrogen-bond donors (Lipinski definition) is 4. The Bertz CT molecular complexity index is 1020. The second kappa shape index (κ2) is 9.05. The molecule has 4 rings (SSSR count). The largest absolute Gasteiger partial charge is 0.299 e. The van der Waals surface area contributed by atoms with Gasteiger partial charge in [0.25, 0.3) is 0 Å². The highest BCUT2D eigenvalue weighted by atomic mass is 32.3. The minimum absolute atomic E-state index is 0.118. The highest BCUT2D eigenvalue weighted by Crippen LogP contribution is 2.52. The monoisotopic (exact) mass is 466 g/mol. The molecule has 2 aliphatic rings.